The highest BCUT2D eigenvalue weighted by molar-refractivity contribution is 5.98. The van der Waals surface area contributed by atoms with Gasteiger partial charge in [0.15, 0.2) is 0 Å². The molecule has 0 bridgehead atoms. The molecule has 3 amide bonds. The standard InChI is InChI=1S/C23H35N3O5/c1-7-21(27)24-17-9-10-18-19(11-17)31-14-16(4)26(22(28)8-2)12-15(3)20(30-6)13-25(5)23(18)29/h9-11,15-16,20H,7-8,12-14H2,1-6H3,(H,24,27)/t15-,16-,20+/m0/s1. The maximum Gasteiger partial charge on any atom is 0.257 e. The summed E-state index contributed by atoms with van der Waals surface area (Å²) in [6, 6.07) is 4.83. The topological polar surface area (TPSA) is 88.2 Å². The smallest absolute Gasteiger partial charge is 0.257 e. The summed E-state index contributed by atoms with van der Waals surface area (Å²) in [6.45, 7) is 8.69. The summed E-state index contributed by atoms with van der Waals surface area (Å²) < 4.78 is 11.7. The Morgan fingerprint density at radius 3 is 2.52 bits per heavy atom. The second-order valence-electron chi connectivity index (χ2n) is 8.11. The Bertz CT molecular complexity index is 797. The fourth-order valence-corrected chi connectivity index (χ4v) is 3.65. The first-order valence-electron chi connectivity index (χ1n) is 10.9. The van der Waals surface area contributed by atoms with E-state index in [1.807, 2.05) is 25.7 Å². The van der Waals surface area contributed by atoms with Gasteiger partial charge in [-0.15, -0.1) is 0 Å². The molecule has 0 saturated carbocycles. The van der Waals surface area contributed by atoms with Gasteiger partial charge in [-0.3, -0.25) is 14.4 Å². The van der Waals surface area contributed by atoms with Crippen LogP contribution in [0.1, 0.15) is 50.9 Å². The van der Waals surface area contributed by atoms with E-state index < -0.39 is 0 Å². The zero-order valence-electron chi connectivity index (χ0n) is 19.4. The van der Waals surface area contributed by atoms with Crippen LogP contribution in [0.2, 0.25) is 0 Å². The first-order chi connectivity index (χ1) is 14.7. The molecule has 0 unspecified atom stereocenters. The van der Waals surface area contributed by atoms with E-state index in [0.717, 1.165) is 0 Å². The second-order valence-corrected chi connectivity index (χ2v) is 8.11. The number of anilines is 1. The third kappa shape index (κ3) is 6.19. The molecule has 0 radical (unpaired) electrons. The van der Waals surface area contributed by atoms with Gasteiger partial charge in [0.25, 0.3) is 5.91 Å². The van der Waals surface area contributed by atoms with Gasteiger partial charge in [0.2, 0.25) is 11.8 Å². The van der Waals surface area contributed by atoms with E-state index in [1.165, 1.54) is 0 Å². The van der Waals surface area contributed by atoms with Crippen LogP contribution in [0.4, 0.5) is 5.69 Å². The van der Waals surface area contributed by atoms with Crippen molar-refractivity contribution in [2.24, 2.45) is 5.92 Å². The number of nitrogens with zero attached hydrogens (tertiary/aromatic N) is 2. The maximum absolute atomic E-state index is 13.1. The highest BCUT2D eigenvalue weighted by Crippen LogP contribution is 2.27. The number of rotatable bonds is 4. The van der Waals surface area contributed by atoms with Crippen molar-refractivity contribution in [1.29, 1.82) is 0 Å². The van der Waals surface area contributed by atoms with Crippen molar-refractivity contribution in [1.82, 2.24) is 9.80 Å². The van der Waals surface area contributed by atoms with Crippen molar-refractivity contribution >= 4 is 23.4 Å². The van der Waals surface area contributed by atoms with Crippen LogP contribution in [0.15, 0.2) is 18.2 Å². The van der Waals surface area contributed by atoms with Crippen molar-refractivity contribution in [3.63, 3.8) is 0 Å². The zero-order chi connectivity index (χ0) is 23.1. The van der Waals surface area contributed by atoms with E-state index in [0.29, 0.717) is 42.9 Å². The highest BCUT2D eigenvalue weighted by Gasteiger charge is 2.29. The molecule has 1 aromatic rings. The summed E-state index contributed by atoms with van der Waals surface area (Å²) in [5, 5.41) is 2.80. The number of carbonyl (C=O) groups excluding carboxylic acids is 3. The molecule has 0 spiro atoms. The van der Waals surface area contributed by atoms with E-state index in [4.69, 9.17) is 9.47 Å². The number of ether oxygens (including phenoxy) is 2. The Morgan fingerprint density at radius 2 is 1.90 bits per heavy atom. The number of nitrogens with one attached hydrogen (secondary N) is 1. The molecule has 1 aromatic carbocycles. The molecular formula is C23H35N3O5. The summed E-state index contributed by atoms with van der Waals surface area (Å²) in [4.78, 5) is 41.0. The lowest BCUT2D eigenvalue weighted by Crippen LogP contribution is -2.48. The van der Waals surface area contributed by atoms with Crippen molar-refractivity contribution in [3.8, 4) is 5.75 Å². The summed E-state index contributed by atoms with van der Waals surface area (Å²) in [7, 11) is 3.35. The minimum absolute atomic E-state index is 0.0312. The van der Waals surface area contributed by atoms with E-state index in [2.05, 4.69) is 5.32 Å². The van der Waals surface area contributed by atoms with Crippen molar-refractivity contribution in [2.75, 3.05) is 39.2 Å². The van der Waals surface area contributed by atoms with Crippen LogP contribution in [-0.2, 0) is 14.3 Å². The Balaban J connectivity index is 2.45. The first kappa shape index (κ1) is 24.7. The summed E-state index contributed by atoms with van der Waals surface area (Å²) >= 11 is 0. The summed E-state index contributed by atoms with van der Waals surface area (Å²) in [5.74, 6) is 0.144. The van der Waals surface area contributed by atoms with Crippen LogP contribution in [0.25, 0.3) is 0 Å². The predicted octanol–water partition coefficient (Wildman–Crippen LogP) is 2.78. The van der Waals surface area contributed by atoms with Crippen LogP contribution in [0, 0.1) is 5.92 Å². The largest absolute Gasteiger partial charge is 0.491 e. The minimum atomic E-state index is -0.222. The molecule has 1 heterocycles. The molecular weight excluding hydrogens is 398 g/mol. The monoisotopic (exact) mass is 433 g/mol. The van der Waals surface area contributed by atoms with Gasteiger partial charge in [-0.1, -0.05) is 20.8 Å². The number of amides is 3. The first-order valence-corrected chi connectivity index (χ1v) is 10.9. The van der Waals surface area contributed by atoms with Gasteiger partial charge in [0.1, 0.15) is 12.4 Å². The second kappa shape index (κ2) is 11.1. The molecule has 3 atom stereocenters. The van der Waals surface area contributed by atoms with Crippen molar-refractivity contribution < 1.29 is 23.9 Å². The Hall–Kier alpha value is -2.61. The van der Waals surface area contributed by atoms with Gasteiger partial charge in [-0.05, 0) is 19.1 Å². The number of methoxy groups -OCH3 is 1. The molecule has 172 valence electrons. The molecule has 0 fully saturated rings. The van der Waals surface area contributed by atoms with Crippen LogP contribution in [0.3, 0.4) is 0 Å². The number of likely N-dealkylation sites (N-methyl/N-ethyl adjacent to an activating group) is 1. The van der Waals surface area contributed by atoms with Gasteiger partial charge in [-0.25, -0.2) is 0 Å². The Labute approximate surface area is 184 Å². The number of fused-ring (bicyclic) bond motifs is 1. The van der Waals surface area contributed by atoms with E-state index in [9.17, 15) is 14.4 Å². The molecule has 1 N–H and O–H groups in total. The molecule has 1 aliphatic heterocycles. The minimum Gasteiger partial charge on any atom is -0.491 e. The third-order valence-electron chi connectivity index (χ3n) is 5.67. The summed E-state index contributed by atoms with van der Waals surface area (Å²) in [5.41, 5.74) is 0.964. The third-order valence-corrected chi connectivity index (χ3v) is 5.67. The van der Waals surface area contributed by atoms with E-state index in [-0.39, 0.29) is 42.4 Å². The van der Waals surface area contributed by atoms with Gasteiger partial charge in [-0.2, -0.15) is 0 Å². The van der Waals surface area contributed by atoms with E-state index in [1.54, 1.807) is 44.2 Å². The summed E-state index contributed by atoms with van der Waals surface area (Å²) in [6.07, 6.45) is 0.526. The average molecular weight is 434 g/mol. The SMILES string of the molecule is CCC(=O)Nc1ccc2c(c1)OC[C@H](C)N(C(=O)CC)C[C@H](C)[C@H](OC)CN(C)C2=O. The quantitative estimate of drug-likeness (QED) is 0.789. The lowest BCUT2D eigenvalue weighted by Gasteiger charge is -2.36. The van der Waals surface area contributed by atoms with Gasteiger partial charge in [0.05, 0.1) is 17.7 Å². The molecule has 8 nitrogen and oxygen atoms in total. The molecule has 8 heteroatoms. The lowest BCUT2D eigenvalue weighted by atomic mass is 10.0. The molecule has 0 aliphatic carbocycles. The van der Waals surface area contributed by atoms with Gasteiger partial charge < -0.3 is 24.6 Å². The fourth-order valence-electron chi connectivity index (χ4n) is 3.65. The van der Waals surface area contributed by atoms with Gasteiger partial charge in [0, 0.05) is 57.8 Å². The number of carbonyl (C=O) groups is 3. The molecule has 31 heavy (non-hydrogen) atoms. The normalized spacial score (nSPS) is 22.6. The van der Waals surface area contributed by atoms with Crippen LogP contribution in [-0.4, -0.2) is 73.5 Å². The predicted molar refractivity (Wildman–Crippen MR) is 119 cm³/mol. The van der Waals surface area contributed by atoms with Crippen molar-refractivity contribution in [2.45, 2.75) is 52.7 Å². The molecule has 0 aromatic heterocycles. The number of hydrogen-bond acceptors (Lipinski definition) is 5. The zero-order valence-corrected chi connectivity index (χ0v) is 19.4. The van der Waals surface area contributed by atoms with Gasteiger partial charge >= 0.3 is 0 Å². The van der Waals surface area contributed by atoms with Crippen molar-refractivity contribution in [3.05, 3.63) is 23.8 Å². The molecule has 1 aliphatic rings. The average Bonchev–Trinajstić information content (AvgIpc) is 2.77. The van der Waals surface area contributed by atoms with E-state index >= 15 is 0 Å². The number of hydrogen-bond donors (Lipinski definition) is 1. The van der Waals surface area contributed by atoms with Crippen LogP contribution >= 0.6 is 0 Å². The Morgan fingerprint density at radius 1 is 1.19 bits per heavy atom. The fraction of sp³-hybridized carbons (Fsp3) is 0.609. The van der Waals surface area contributed by atoms with Crippen LogP contribution in [0.5, 0.6) is 5.75 Å². The highest BCUT2D eigenvalue weighted by atomic mass is 16.5. The number of benzene rings is 1. The van der Waals surface area contributed by atoms with Crippen LogP contribution < -0.4 is 10.1 Å². The Kier molecular flexibility index (Phi) is 8.86. The molecule has 2 rings (SSSR count). The molecule has 0 saturated heterocycles. The maximum atomic E-state index is 13.1. The lowest BCUT2D eigenvalue weighted by molar-refractivity contribution is -0.135.